The van der Waals surface area contributed by atoms with E-state index in [-0.39, 0.29) is 26.6 Å². The van der Waals surface area contributed by atoms with Crippen molar-refractivity contribution in [3.8, 4) is 0 Å². The average Bonchev–Trinajstić information content (AvgIpc) is 2.27. The van der Waals surface area contributed by atoms with Crippen molar-refractivity contribution in [3.63, 3.8) is 0 Å². The van der Waals surface area contributed by atoms with E-state index in [4.69, 9.17) is 10.6 Å². The van der Waals surface area contributed by atoms with Gasteiger partial charge in [-0.15, -0.1) is 0 Å². The normalized spacial score (nSPS) is 10.0. The van der Waals surface area contributed by atoms with Gasteiger partial charge < -0.3 is 5.73 Å². The molecule has 0 fully saturated rings. The smallest absolute Gasteiger partial charge is 0.279 e. The van der Waals surface area contributed by atoms with Gasteiger partial charge in [-0.2, -0.15) is 0 Å². The first kappa shape index (κ1) is 12.1. The highest BCUT2D eigenvalue weighted by Gasteiger charge is 2.14. The van der Waals surface area contributed by atoms with Crippen molar-refractivity contribution in [1.29, 1.82) is 0 Å². The lowest BCUT2D eigenvalue weighted by atomic mass is 10.2. The van der Waals surface area contributed by atoms with Crippen LogP contribution in [0.1, 0.15) is 10.4 Å². The Labute approximate surface area is 98.7 Å². The Bertz CT molecular complexity index is 393. The van der Waals surface area contributed by atoms with Gasteiger partial charge >= 0.3 is 0 Å². The van der Waals surface area contributed by atoms with Crippen LogP contribution in [-0.4, -0.2) is 29.6 Å². The van der Waals surface area contributed by atoms with Gasteiger partial charge in [0.2, 0.25) is 0 Å². The van der Waals surface area contributed by atoms with Crippen molar-refractivity contribution < 1.29 is 9.63 Å². The Kier molecular flexibility index (Phi) is 4.22. The van der Waals surface area contributed by atoms with E-state index in [1.54, 1.807) is 19.2 Å². The molecule has 82 valence electrons. The number of nitrogen functional groups attached to an aromatic ring is 1. The number of benzene rings is 1. The van der Waals surface area contributed by atoms with Crippen LogP contribution in [0.3, 0.4) is 0 Å². The van der Waals surface area contributed by atoms with Gasteiger partial charge in [-0.05, 0) is 18.2 Å². The molecule has 0 saturated carbocycles. The Hall–Kier alpha value is -0.950. The predicted molar refractivity (Wildman–Crippen MR) is 69.8 cm³/mol. The zero-order valence-corrected chi connectivity index (χ0v) is 10.8. The highest BCUT2D eigenvalue weighted by atomic mass is 127. The van der Waals surface area contributed by atoms with Gasteiger partial charge in [0.25, 0.3) is 5.91 Å². The highest BCUT2D eigenvalue weighted by Crippen LogP contribution is 2.19. The number of hydroxylamine groups is 2. The highest BCUT2D eigenvalue weighted by molar-refractivity contribution is 14.2. The van der Waals surface area contributed by atoms with Crippen LogP contribution in [0.2, 0.25) is 0 Å². The molecule has 0 saturated heterocycles. The molecule has 15 heavy (non-hydrogen) atoms. The third-order valence-electron chi connectivity index (χ3n) is 1.96. The largest absolute Gasteiger partial charge is 0.398 e. The van der Waals surface area contributed by atoms with Gasteiger partial charge in [0.1, 0.15) is 0 Å². The lowest BCUT2D eigenvalue weighted by Gasteiger charge is -2.15. The molecule has 0 heterocycles. The maximum atomic E-state index is 11.8. The summed E-state index contributed by atoms with van der Waals surface area (Å²) in [6.07, 6.45) is 0. The van der Waals surface area contributed by atoms with Gasteiger partial charge in [-0.3, -0.25) is 9.63 Å². The number of carbonyl (C=O) groups excluding carboxylic acids is 1. The Balaban J connectivity index is 3.12. The zero-order chi connectivity index (χ0) is 11.4. The quantitative estimate of drug-likeness (QED) is 0.521. The molecule has 0 aliphatic rings. The van der Waals surface area contributed by atoms with Crippen LogP contribution in [0.15, 0.2) is 18.2 Å². The second-order valence-corrected chi connectivity index (χ2v) is 4.86. The van der Waals surface area contributed by atoms with Gasteiger partial charge in [-0.25, -0.2) is 5.06 Å². The van der Waals surface area contributed by atoms with Gasteiger partial charge in [0.05, 0.1) is 12.7 Å². The molecule has 4 nitrogen and oxygen atoms in total. The summed E-state index contributed by atoms with van der Waals surface area (Å²) in [6, 6.07) is 5.42. The van der Waals surface area contributed by atoms with E-state index in [1.165, 1.54) is 7.11 Å². The number of rotatable bonds is 3. The van der Waals surface area contributed by atoms with E-state index in [0.717, 1.165) is 8.63 Å². The fraction of sp³-hybridized carbons (Fsp3) is 0.200. The molecular formula is C10H13IN2O2. The molecule has 0 atom stereocenters. The molecule has 1 amide bonds. The van der Waals surface area contributed by atoms with E-state index >= 15 is 0 Å². The van der Waals surface area contributed by atoms with Crippen molar-refractivity contribution in [3.05, 3.63) is 27.3 Å². The van der Waals surface area contributed by atoms with Crippen LogP contribution >= 0.6 is 20.7 Å². The van der Waals surface area contributed by atoms with E-state index in [1.807, 2.05) is 6.07 Å². The molecule has 5 heteroatoms. The van der Waals surface area contributed by atoms with Crippen LogP contribution < -0.4 is 5.73 Å². The number of carbonyl (C=O) groups is 1. The molecule has 0 radical (unpaired) electrons. The SMILES string of the molecule is C=Ic1ccc(N)c(C(=O)N(C)OC)c1. The summed E-state index contributed by atoms with van der Waals surface area (Å²) in [6.45, 7) is 0. The second-order valence-electron chi connectivity index (χ2n) is 2.85. The molecule has 1 rings (SSSR count). The summed E-state index contributed by atoms with van der Waals surface area (Å²) in [7, 11) is 2.99. The zero-order valence-electron chi connectivity index (χ0n) is 8.66. The topological polar surface area (TPSA) is 55.6 Å². The molecule has 0 unspecified atom stereocenters. The molecule has 0 bridgehead atoms. The monoisotopic (exact) mass is 320 g/mol. The minimum absolute atomic E-state index is 0.241. The van der Waals surface area contributed by atoms with Crippen LogP contribution in [0, 0.1) is 3.57 Å². The molecule has 1 aromatic rings. The molecule has 0 aliphatic heterocycles. The van der Waals surface area contributed by atoms with Gasteiger partial charge in [0.15, 0.2) is 0 Å². The van der Waals surface area contributed by atoms with Gasteiger partial charge in [-0.1, -0.05) is 25.2 Å². The van der Waals surface area contributed by atoms with E-state index in [0.29, 0.717) is 11.3 Å². The van der Waals surface area contributed by atoms with Crippen LogP contribution in [0.25, 0.3) is 0 Å². The van der Waals surface area contributed by atoms with E-state index < -0.39 is 0 Å². The minimum Gasteiger partial charge on any atom is -0.398 e. The van der Waals surface area contributed by atoms with Crippen molar-refractivity contribution >= 4 is 36.8 Å². The van der Waals surface area contributed by atoms with Crippen molar-refractivity contribution in [1.82, 2.24) is 5.06 Å². The third-order valence-corrected chi connectivity index (χ3v) is 3.51. The number of amides is 1. The maximum absolute atomic E-state index is 11.8. The number of anilines is 1. The molecule has 1 aromatic carbocycles. The lowest BCUT2D eigenvalue weighted by Crippen LogP contribution is -2.26. The minimum atomic E-state index is -0.287. The number of halogens is 1. The Morgan fingerprint density at radius 1 is 1.60 bits per heavy atom. The average molecular weight is 320 g/mol. The number of hydrogen-bond acceptors (Lipinski definition) is 3. The van der Waals surface area contributed by atoms with Crippen molar-refractivity contribution in [2.45, 2.75) is 0 Å². The second kappa shape index (κ2) is 5.22. The number of hydrogen-bond donors (Lipinski definition) is 1. The standard InChI is InChI=1S/C10H13IN2O2/c1-11-7-4-5-9(12)8(6-7)10(14)13(2)15-3/h4-6H,1,12H2,2-3H3. The van der Waals surface area contributed by atoms with Crippen LogP contribution in [0.5, 0.6) is 0 Å². The lowest BCUT2D eigenvalue weighted by molar-refractivity contribution is -0.0756. The molecule has 0 aliphatic carbocycles. The van der Waals surface area contributed by atoms with Gasteiger partial charge in [0, 0.05) is 16.3 Å². The molecule has 0 spiro atoms. The van der Waals surface area contributed by atoms with E-state index in [2.05, 4.69) is 4.51 Å². The Morgan fingerprint density at radius 3 is 2.80 bits per heavy atom. The molecule has 0 aromatic heterocycles. The predicted octanol–water partition coefficient (Wildman–Crippen LogP) is 1.47. The summed E-state index contributed by atoms with van der Waals surface area (Å²) in [5, 5.41) is 1.15. The van der Waals surface area contributed by atoms with Crippen molar-refractivity contribution in [2.24, 2.45) is 0 Å². The number of nitrogens with two attached hydrogens (primary N) is 1. The fourth-order valence-electron chi connectivity index (χ4n) is 1.05. The first-order chi connectivity index (χ1) is 7.10. The van der Waals surface area contributed by atoms with Crippen LogP contribution in [0.4, 0.5) is 5.69 Å². The molecular weight excluding hydrogens is 307 g/mol. The van der Waals surface area contributed by atoms with E-state index in [9.17, 15) is 4.79 Å². The summed E-state index contributed by atoms with van der Waals surface area (Å²) in [4.78, 5) is 16.6. The Morgan fingerprint density at radius 2 is 2.27 bits per heavy atom. The molecule has 2 N–H and O–H groups in total. The summed E-state index contributed by atoms with van der Waals surface area (Å²) < 4.78 is 4.94. The summed E-state index contributed by atoms with van der Waals surface area (Å²) >= 11 is -0.287. The summed E-state index contributed by atoms with van der Waals surface area (Å²) in [5.41, 5.74) is 6.66. The first-order valence-corrected chi connectivity index (χ1v) is 6.80. The van der Waals surface area contributed by atoms with Crippen LogP contribution in [-0.2, 0) is 4.84 Å². The van der Waals surface area contributed by atoms with Crippen molar-refractivity contribution in [2.75, 3.05) is 19.9 Å². The third kappa shape index (κ3) is 2.75. The summed E-state index contributed by atoms with van der Waals surface area (Å²) in [5.74, 6) is -0.241. The first-order valence-electron chi connectivity index (χ1n) is 4.20. The fourth-order valence-corrected chi connectivity index (χ4v) is 2.02. The number of nitrogens with zero attached hydrogens (tertiary/aromatic N) is 1. The maximum Gasteiger partial charge on any atom is 0.279 e.